The van der Waals surface area contributed by atoms with Crippen molar-refractivity contribution >= 4 is 23.2 Å². The minimum absolute atomic E-state index is 0.0112. The minimum atomic E-state index is -0.424. The van der Waals surface area contributed by atoms with Crippen molar-refractivity contribution in [1.82, 2.24) is 5.32 Å². The quantitative estimate of drug-likeness (QED) is 0.834. The van der Waals surface area contributed by atoms with Crippen LogP contribution < -0.4 is 15.1 Å². The maximum absolute atomic E-state index is 12.0. The Morgan fingerprint density at radius 3 is 1.92 bits per heavy atom. The molecule has 5 nitrogen and oxygen atoms in total. The molecule has 1 aromatic rings. The smallest absolute Gasteiger partial charge is 0.225 e. The second-order valence-electron chi connectivity index (χ2n) is 6.87. The van der Waals surface area contributed by atoms with Crippen LogP contribution in [-0.4, -0.2) is 38.0 Å². The molecular weight excluding hydrogens is 302 g/mol. The van der Waals surface area contributed by atoms with Crippen LogP contribution in [0.4, 0.5) is 11.4 Å². The lowest BCUT2D eigenvalue weighted by Gasteiger charge is -2.25. The van der Waals surface area contributed by atoms with E-state index in [1.165, 1.54) is 0 Å². The van der Waals surface area contributed by atoms with Gasteiger partial charge in [-0.15, -0.1) is 0 Å². The van der Waals surface area contributed by atoms with E-state index in [9.17, 15) is 9.59 Å². The van der Waals surface area contributed by atoms with Crippen molar-refractivity contribution in [1.29, 1.82) is 0 Å². The van der Waals surface area contributed by atoms with E-state index < -0.39 is 5.41 Å². The van der Waals surface area contributed by atoms with Crippen molar-refractivity contribution in [2.24, 2.45) is 5.41 Å². The fourth-order valence-corrected chi connectivity index (χ4v) is 2.45. The Morgan fingerprint density at radius 2 is 1.50 bits per heavy atom. The average molecular weight is 333 g/mol. The summed E-state index contributed by atoms with van der Waals surface area (Å²) in [5, 5.41) is 2.88. The predicted molar refractivity (Wildman–Crippen MR) is 100 cm³/mol. The number of nitrogens with zero attached hydrogens (tertiary/aromatic N) is 2. The summed E-state index contributed by atoms with van der Waals surface area (Å²) >= 11 is 0. The molecule has 0 spiro atoms. The summed E-state index contributed by atoms with van der Waals surface area (Å²) in [6.07, 6.45) is 0. The Kier molecular flexibility index (Phi) is 7.26. The predicted octanol–water partition coefficient (Wildman–Crippen LogP) is 3.05. The third-order valence-electron chi connectivity index (χ3n) is 3.97. The third-order valence-corrected chi connectivity index (χ3v) is 3.97. The van der Waals surface area contributed by atoms with Gasteiger partial charge in [0.1, 0.15) is 0 Å². The molecule has 2 amide bonds. The number of nitrogens with one attached hydrogen (secondary N) is 1. The first-order chi connectivity index (χ1) is 11.2. The summed E-state index contributed by atoms with van der Waals surface area (Å²) in [7, 11) is 0. The van der Waals surface area contributed by atoms with Crippen molar-refractivity contribution in [2.75, 3.05) is 36.0 Å². The molecule has 0 fully saturated rings. The molecule has 0 saturated heterocycles. The Labute approximate surface area is 146 Å². The Balaban J connectivity index is 2.75. The number of hydrogen-bond acceptors (Lipinski definition) is 3. The van der Waals surface area contributed by atoms with Gasteiger partial charge in [-0.05, 0) is 38.1 Å². The third kappa shape index (κ3) is 5.55. The second-order valence-corrected chi connectivity index (χ2v) is 6.87. The number of hydrogen-bond donors (Lipinski definition) is 1. The topological polar surface area (TPSA) is 52.6 Å². The zero-order valence-electron chi connectivity index (χ0n) is 15.8. The van der Waals surface area contributed by atoms with Gasteiger partial charge in [0.25, 0.3) is 0 Å². The van der Waals surface area contributed by atoms with Gasteiger partial charge in [0.05, 0.1) is 0 Å². The molecule has 1 aromatic carbocycles. The summed E-state index contributed by atoms with van der Waals surface area (Å²) in [6, 6.07) is 7.99. The molecule has 0 heterocycles. The standard InChI is InChI=1S/C19H31N3O2/c1-7-21(8-2)16-9-11-17(12-10-16)22(15(3)23)14-13-20-18(24)19(4,5)6/h9-12H,7-8,13-14H2,1-6H3,(H,20,24). The van der Waals surface area contributed by atoms with Gasteiger partial charge in [-0.3, -0.25) is 9.59 Å². The van der Waals surface area contributed by atoms with E-state index in [0.717, 1.165) is 24.5 Å². The van der Waals surface area contributed by atoms with Crippen LogP contribution in [0.1, 0.15) is 41.5 Å². The van der Waals surface area contributed by atoms with Crippen molar-refractivity contribution in [3.63, 3.8) is 0 Å². The number of benzene rings is 1. The first kappa shape index (κ1) is 20.0. The van der Waals surface area contributed by atoms with Crippen LogP contribution in [0.15, 0.2) is 24.3 Å². The number of anilines is 2. The summed E-state index contributed by atoms with van der Waals surface area (Å²) in [5.74, 6) is -0.0431. The fourth-order valence-electron chi connectivity index (χ4n) is 2.45. The zero-order chi connectivity index (χ0) is 18.3. The van der Waals surface area contributed by atoms with Gasteiger partial charge < -0.3 is 15.1 Å². The van der Waals surface area contributed by atoms with Crippen molar-refractivity contribution in [3.05, 3.63) is 24.3 Å². The molecule has 0 unspecified atom stereocenters. The zero-order valence-corrected chi connectivity index (χ0v) is 15.8. The van der Waals surface area contributed by atoms with Gasteiger partial charge >= 0.3 is 0 Å². The molecule has 0 aliphatic carbocycles. The highest BCUT2D eigenvalue weighted by atomic mass is 16.2. The van der Waals surface area contributed by atoms with Crippen LogP contribution >= 0.6 is 0 Å². The normalized spacial score (nSPS) is 11.1. The molecule has 0 radical (unpaired) electrons. The molecule has 134 valence electrons. The lowest BCUT2D eigenvalue weighted by Crippen LogP contribution is -2.41. The molecule has 0 bridgehead atoms. The monoisotopic (exact) mass is 333 g/mol. The summed E-state index contributed by atoms with van der Waals surface area (Å²) < 4.78 is 0. The van der Waals surface area contributed by atoms with Crippen LogP contribution in [0.5, 0.6) is 0 Å². The van der Waals surface area contributed by atoms with E-state index in [0.29, 0.717) is 13.1 Å². The van der Waals surface area contributed by atoms with Crippen LogP contribution in [0, 0.1) is 5.41 Å². The van der Waals surface area contributed by atoms with E-state index in [2.05, 4.69) is 24.1 Å². The van der Waals surface area contributed by atoms with Gasteiger partial charge in [-0.25, -0.2) is 0 Å². The average Bonchev–Trinajstić information content (AvgIpc) is 2.52. The molecule has 1 rings (SSSR count). The lowest BCUT2D eigenvalue weighted by atomic mass is 9.96. The van der Waals surface area contributed by atoms with Gasteiger partial charge in [0.2, 0.25) is 11.8 Å². The van der Waals surface area contributed by atoms with Crippen LogP contribution in [0.25, 0.3) is 0 Å². The van der Waals surface area contributed by atoms with Crippen molar-refractivity contribution in [3.8, 4) is 0 Å². The molecule has 1 N–H and O–H groups in total. The molecule has 24 heavy (non-hydrogen) atoms. The van der Waals surface area contributed by atoms with E-state index in [-0.39, 0.29) is 11.8 Å². The van der Waals surface area contributed by atoms with Gasteiger partial charge in [0.15, 0.2) is 0 Å². The first-order valence-corrected chi connectivity index (χ1v) is 8.62. The van der Waals surface area contributed by atoms with E-state index in [1.807, 2.05) is 45.0 Å². The highest BCUT2D eigenvalue weighted by Gasteiger charge is 2.21. The van der Waals surface area contributed by atoms with Gasteiger partial charge in [0, 0.05) is 49.9 Å². The molecule has 0 aromatic heterocycles. The highest BCUT2D eigenvalue weighted by Crippen LogP contribution is 2.21. The maximum atomic E-state index is 12.0. The van der Waals surface area contributed by atoms with E-state index in [1.54, 1.807) is 11.8 Å². The number of rotatable bonds is 7. The number of carbonyl (C=O) groups excluding carboxylic acids is 2. The summed E-state index contributed by atoms with van der Waals surface area (Å²) in [4.78, 5) is 27.8. The molecule has 0 aliphatic rings. The van der Waals surface area contributed by atoms with Crippen LogP contribution in [0.3, 0.4) is 0 Å². The van der Waals surface area contributed by atoms with E-state index >= 15 is 0 Å². The highest BCUT2D eigenvalue weighted by molar-refractivity contribution is 5.91. The first-order valence-electron chi connectivity index (χ1n) is 8.62. The van der Waals surface area contributed by atoms with Crippen molar-refractivity contribution < 1.29 is 9.59 Å². The minimum Gasteiger partial charge on any atom is -0.372 e. The lowest BCUT2D eigenvalue weighted by molar-refractivity contribution is -0.128. The van der Waals surface area contributed by atoms with Crippen LogP contribution in [0.2, 0.25) is 0 Å². The summed E-state index contributed by atoms with van der Waals surface area (Å²) in [5.41, 5.74) is 1.57. The number of amides is 2. The summed E-state index contributed by atoms with van der Waals surface area (Å²) in [6.45, 7) is 14.2. The molecule has 5 heteroatoms. The second kappa shape index (κ2) is 8.71. The van der Waals surface area contributed by atoms with Crippen LogP contribution in [-0.2, 0) is 9.59 Å². The van der Waals surface area contributed by atoms with E-state index in [4.69, 9.17) is 0 Å². The molecule has 0 aliphatic heterocycles. The van der Waals surface area contributed by atoms with Gasteiger partial charge in [-0.1, -0.05) is 20.8 Å². The largest absolute Gasteiger partial charge is 0.372 e. The Morgan fingerprint density at radius 1 is 1.00 bits per heavy atom. The fraction of sp³-hybridized carbons (Fsp3) is 0.579. The Hall–Kier alpha value is -2.04. The molecule has 0 atom stereocenters. The van der Waals surface area contributed by atoms with Crippen molar-refractivity contribution in [2.45, 2.75) is 41.5 Å². The number of carbonyl (C=O) groups is 2. The SMILES string of the molecule is CCN(CC)c1ccc(N(CCNC(=O)C(C)(C)C)C(C)=O)cc1. The molecule has 0 saturated carbocycles. The van der Waals surface area contributed by atoms with Gasteiger partial charge in [-0.2, -0.15) is 0 Å². The Bertz CT molecular complexity index is 543. The molecular formula is C19H31N3O2. The maximum Gasteiger partial charge on any atom is 0.225 e.